The molecular formula is C24H20ClF2N5O2. The van der Waals surface area contributed by atoms with E-state index in [1.165, 1.54) is 0 Å². The molecule has 0 bridgehead atoms. The van der Waals surface area contributed by atoms with Gasteiger partial charge in [-0.15, -0.1) is 0 Å². The van der Waals surface area contributed by atoms with Crippen LogP contribution in [0.1, 0.15) is 5.56 Å². The van der Waals surface area contributed by atoms with E-state index in [9.17, 15) is 13.6 Å². The van der Waals surface area contributed by atoms with E-state index in [2.05, 4.69) is 20.5 Å². The molecular weight excluding hydrogens is 464 g/mol. The lowest BCUT2D eigenvalue weighted by atomic mass is 10.1. The number of aromatic nitrogens is 3. The standard InChI is InChI=1S/C24H20ClF2N5O2/c25-22-17(18(26)2-3-19(22)27)12-32-9-10-34-21(13-32)24(33)29-15-1-4-20-16(11-15)23(31-30-20)14-5-7-28-8-6-14/h1-8,11,21H,9-10,12-13H2,(H,29,33)(H,30,31). The van der Waals surface area contributed by atoms with E-state index in [1.807, 2.05) is 29.2 Å². The molecule has 3 heterocycles. The van der Waals surface area contributed by atoms with Gasteiger partial charge in [-0.25, -0.2) is 8.78 Å². The summed E-state index contributed by atoms with van der Waals surface area (Å²) in [4.78, 5) is 18.8. The number of carbonyl (C=O) groups is 1. The molecule has 1 amide bonds. The maximum absolute atomic E-state index is 14.2. The highest BCUT2D eigenvalue weighted by Crippen LogP contribution is 2.29. The zero-order chi connectivity index (χ0) is 23.7. The number of hydrogen-bond acceptors (Lipinski definition) is 5. The molecule has 2 aromatic carbocycles. The number of aromatic amines is 1. The van der Waals surface area contributed by atoms with E-state index in [0.29, 0.717) is 12.2 Å². The summed E-state index contributed by atoms with van der Waals surface area (Å²) in [6, 6.07) is 11.2. The molecule has 174 valence electrons. The van der Waals surface area contributed by atoms with Crippen LogP contribution in [-0.2, 0) is 16.1 Å². The summed E-state index contributed by atoms with van der Waals surface area (Å²) in [6.45, 7) is 1.03. The van der Waals surface area contributed by atoms with E-state index >= 15 is 0 Å². The Morgan fingerprint density at radius 3 is 2.79 bits per heavy atom. The number of morpholine rings is 1. The van der Waals surface area contributed by atoms with Gasteiger partial charge < -0.3 is 10.1 Å². The second kappa shape index (κ2) is 9.46. The van der Waals surface area contributed by atoms with Gasteiger partial charge in [0.05, 0.1) is 17.1 Å². The fourth-order valence-corrected chi connectivity index (χ4v) is 4.20. The minimum atomic E-state index is -0.774. The first-order valence-electron chi connectivity index (χ1n) is 10.7. The molecule has 0 spiro atoms. The highest BCUT2D eigenvalue weighted by atomic mass is 35.5. The fraction of sp³-hybridized carbons (Fsp3) is 0.208. The average molecular weight is 484 g/mol. The van der Waals surface area contributed by atoms with Crippen molar-refractivity contribution in [2.75, 3.05) is 25.0 Å². The highest BCUT2D eigenvalue weighted by Gasteiger charge is 2.28. The van der Waals surface area contributed by atoms with Gasteiger partial charge in [0.25, 0.3) is 5.91 Å². The molecule has 1 saturated heterocycles. The van der Waals surface area contributed by atoms with Crippen molar-refractivity contribution in [2.24, 2.45) is 0 Å². The number of rotatable bonds is 5. The van der Waals surface area contributed by atoms with Crippen LogP contribution in [0.2, 0.25) is 5.02 Å². The maximum Gasteiger partial charge on any atom is 0.254 e. The predicted octanol–water partition coefficient (Wildman–Crippen LogP) is 4.40. The smallest absolute Gasteiger partial charge is 0.254 e. The van der Waals surface area contributed by atoms with Gasteiger partial charge >= 0.3 is 0 Å². The molecule has 2 N–H and O–H groups in total. The second-order valence-corrected chi connectivity index (χ2v) is 8.35. The van der Waals surface area contributed by atoms with E-state index in [4.69, 9.17) is 16.3 Å². The van der Waals surface area contributed by atoms with Crippen LogP contribution in [0, 0.1) is 11.6 Å². The van der Waals surface area contributed by atoms with E-state index < -0.39 is 17.7 Å². The molecule has 0 aliphatic carbocycles. The van der Waals surface area contributed by atoms with Crippen molar-refractivity contribution < 1.29 is 18.3 Å². The van der Waals surface area contributed by atoms with Crippen molar-refractivity contribution in [3.8, 4) is 11.3 Å². The van der Waals surface area contributed by atoms with Gasteiger partial charge in [-0.1, -0.05) is 11.6 Å². The Morgan fingerprint density at radius 2 is 1.97 bits per heavy atom. The summed E-state index contributed by atoms with van der Waals surface area (Å²) in [5.41, 5.74) is 3.15. The van der Waals surface area contributed by atoms with E-state index in [0.717, 1.165) is 34.3 Å². The number of fused-ring (bicyclic) bond motifs is 1. The summed E-state index contributed by atoms with van der Waals surface area (Å²) in [7, 11) is 0. The Morgan fingerprint density at radius 1 is 1.18 bits per heavy atom. The Balaban J connectivity index is 1.30. The third-order valence-electron chi connectivity index (χ3n) is 5.75. The molecule has 2 aromatic heterocycles. The molecule has 1 fully saturated rings. The largest absolute Gasteiger partial charge is 0.366 e. The fourth-order valence-electron chi connectivity index (χ4n) is 3.99. The lowest BCUT2D eigenvalue weighted by Crippen LogP contribution is -2.47. The van der Waals surface area contributed by atoms with Crippen molar-refractivity contribution in [1.29, 1.82) is 0 Å². The summed E-state index contributed by atoms with van der Waals surface area (Å²) < 4.78 is 33.6. The number of halogens is 3. The maximum atomic E-state index is 14.2. The van der Waals surface area contributed by atoms with Gasteiger partial charge in [0.2, 0.25) is 0 Å². The van der Waals surface area contributed by atoms with Gasteiger partial charge in [0.1, 0.15) is 23.4 Å². The first kappa shape index (κ1) is 22.4. The summed E-state index contributed by atoms with van der Waals surface area (Å²) >= 11 is 5.96. The number of nitrogens with one attached hydrogen (secondary N) is 2. The monoisotopic (exact) mass is 483 g/mol. The predicted molar refractivity (Wildman–Crippen MR) is 124 cm³/mol. The van der Waals surface area contributed by atoms with Crippen LogP contribution in [0.15, 0.2) is 54.9 Å². The van der Waals surface area contributed by atoms with E-state index in [-0.39, 0.29) is 36.2 Å². The van der Waals surface area contributed by atoms with Crippen LogP contribution >= 0.6 is 11.6 Å². The molecule has 1 aliphatic rings. The van der Waals surface area contributed by atoms with Crippen LogP contribution in [-0.4, -0.2) is 51.8 Å². The number of nitrogens with zero attached hydrogens (tertiary/aromatic N) is 3. The molecule has 7 nitrogen and oxygen atoms in total. The molecule has 5 rings (SSSR count). The normalized spacial score (nSPS) is 16.6. The van der Waals surface area contributed by atoms with Crippen LogP contribution in [0.25, 0.3) is 22.2 Å². The van der Waals surface area contributed by atoms with Crippen LogP contribution in [0.5, 0.6) is 0 Å². The molecule has 0 saturated carbocycles. The highest BCUT2D eigenvalue weighted by molar-refractivity contribution is 6.31. The molecule has 1 unspecified atom stereocenters. The van der Waals surface area contributed by atoms with Crippen molar-refractivity contribution in [2.45, 2.75) is 12.6 Å². The third-order valence-corrected chi connectivity index (χ3v) is 6.16. The lowest BCUT2D eigenvalue weighted by molar-refractivity contribution is -0.133. The van der Waals surface area contributed by atoms with Crippen LogP contribution in [0.4, 0.5) is 14.5 Å². The topological polar surface area (TPSA) is 83.1 Å². The number of carbonyl (C=O) groups excluding carboxylic acids is 1. The van der Waals surface area contributed by atoms with Gasteiger partial charge in [0, 0.05) is 54.2 Å². The minimum Gasteiger partial charge on any atom is -0.366 e. The molecule has 1 aliphatic heterocycles. The second-order valence-electron chi connectivity index (χ2n) is 7.97. The lowest BCUT2D eigenvalue weighted by Gasteiger charge is -2.32. The minimum absolute atomic E-state index is 0.0665. The first-order valence-corrected chi connectivity index (χ1v) is 11.0. The van der Waals surface area contributed by atoms with Crippen molar-refractivity contribution in [3.63, 3.8) is 0 Å². The summed E-state index contributed by atoms with van der Waals surface area (Å²) in [5, 5.41) is 10.9. The Bertz CT molecular complexity index is 1350. The van der Waals surface area contributed by atoms with Crippen LogP contribution in [0.3, 0.4) is 0 Å². The number of hydrogen-bond donors (Lipinski definition) is 2. The molecule has 34 heavy (non-hydrogen) atoms. The Labute approximate surface area is 198 Å². The van der Waals surface area contributed by atoms with Crippen molar-refractivity contribution >= 4 is 34.1 Å². The molecule has 4 aromatic rings. The number of ether oxygens (including phenoxy) is 1. The van der Waals surface area contributed by atoms with Gasteiger partial charge in [-0.3, -0.25) is 19.8 Å². The molecule has 1 atom stereocenters. The third kappa shape index (κ3) is 4.50. The number of pyridine rings is 1. The SMILES string of the molecule is O=C(Nc1ccc2[nH]nc(-c3ccncc3)c2c1)C1CN(Cc2c(F)ccc(F)c2Cl)CCO1. The Hall–Kier alpha value is -3.40. The van der Waals surface area contributed by atoms with Crippen molar-refractivity contribution in [1.82, 2.24) is 20.1 Å². The molecule has 0 radical (unpaired) electrons. The number of benzene rings is 2. The van der Waals surface area contributed by atoms with Crippen molar-refractivity contribution in [3.05, 3.63) is 77.1 Å². The summed E-state index contributed by atoms with van der Waals surface area (Å²) in [6.07, 6.45) is 2.61. The van der Waals surface area contributed by atoms with Gasteiger partial charge in [0.15, 0.2) is 0 Å². The van der Waals surface area contributed by atoms with Gasteiger partial charge in [-0.2, -0.15) is 5.10 Å². The van der Waals surface area contributed by atoms with Gasteiger partial charge in [-0.05, 0) is 42.5 Å². The quantitative estimate of drug-likeness (QED) is 0.411. The number of anilines is 1. The zero-order valence-electron chi connectivity index (χ0n) is 17.9. The summed E-state index contributed by atoms with van der Waals surface area (Å²) in [5.74, 6) is -1.59. The number of amides is 1. The van der Waals surface area contributed by atoms with E-state index in [1.54, 1.807) is 18.5 Å². The zero-order valence-corrected chi connectivity index (χ0v) is 18.6. The molecule has 10 heteroatoms. The average Bonchev–Trinajstić information content (AvgIpc) is 3.28. The van der Waals surface area contributed by atoms with Crippen LogP contribution < -0.4 is 5.32 Å². The number of H-pyrrole nitrogens is 1. The first-order chi connectivity index (χ1) is 16.5. The Kier molecular flexibility index (Phi) is 6.23.